The molecule has 21 heavy (non-hydrogen) atoms. The quantitative estimate of drug-likeness (QED) is 0.681. The van der Waals surface area contributed by atoms with E-state index in [-0.39, 0.29) is 5.97 Å². The highest BCUT2D eigenvalue weighted by molar-refractivity contribution is 5.98. The molecule has 1 aromatic carbocycles. The first-order valence-corrected chi connectivity index (χ1v) is 7.97. The van der Waals surface area contributed by atoms with Crippen LogP contribution in [-0.2, 0) is 4.74 Å². The van der Waals surface area contributed by atoms with Crippen LogP contribution in [0.1, 0.15) is 49.9 Å². The standard InChI is InChI=1S/C17H26N2O2/c1-3-13-7-6-11-19(12-10-13)15-9-5-8-14(16(15)18)17(20)21-4-2/h5,8-9,13H,3-4,6-7,10-12,18H2,1-2H3. The molecule has 2 N–H and O–H groups in total. The van der Waals surface area contributed by atoms with Gasteiger partial charge in [-0.3, -0.25) is 0 Å². The molecule has 0 spiro atoms. The third-order valence-electron chi connectivity index (χ3n) is 4.34. The van der Waals surface area contributed by atoms with Gasteiger partial charge in [0.1, 0.15) is 0 Å². The van der Waals surface area contributed by atoms with Crippen LogP contribution in [0.2, 0.25) is 0 Å². The van der Waals surface area contributed by atoms with Gasteiger partial charge in [-0.2, -0.15) is 0 Å². The Bertz CT molecular complexity index is 488. The van der Waals surface area contributed by atoms with Gasteiger partial charge in [0.05, 0.1) is 23.5 Å². The van der Waals surface area contributed by atoms with Crippen LogP contribution in [0, 0.1) is 5.92 Å². The van der Waals surface area contributed by atoms with E-state index in [0.717, 1.165) is 24.7 Å². The topological polar surface area (TPSA) is 55.6 Å². The van der Waals surface area contributed by atoms with E-state index in [1.54, 1.807) is 13.0 Å². The molecule has 4 heteroatoms. The van der Waals surface area contributed by atoms with E-state index < -0.39 is 0 Å². The first kappa shape index (κ1) is 15.7. The number of rotatable bonds is 4. The SMILES string of the molecule is CCOC(=O)c1cccc(N2CCCC(CC)CC2)c1N. The van der Waals surface area contributed by atoms with Gasteiger partial charge >= 0.3 is 5.97 Å². The number of nitrogen functional groups attached to an aromatic ring is 1. The average molecular weight is 290 g/mol. The molecule has 0 radical (unpaired) electrons. The Morgan fingerprint density at radius 1 is 1.33 bits per heavy atom. The molecule has 2 rings (SSSR count). The Morgan fingerprint density at radius 2 is 2.14 bits per heavy atom. The predicted octanol–water partition coefficient (Wildman–Crippen LogP) is 3.46. The molecule has 0 saturated carbocycles. The second-order valence-electron chi connectivity index (χ2n) is 5.65. The number of carbonyl (C=O) groups excluding carboxylic acids is 1. The minimum absolute atomic E-state index is 0.335. The highest BCUT2D eigenvalue weighted by Gasteiger charge is 2.20. The molecular weight excluding hydrogens is 264 g/mol. The lowest BCUT2D eigenvalue weighted by atomic mass is 9.98. The highest BCUT2D eigenvalue weighted by Crippen LogP contribution is 2.30. The van der Waals surface area contributed by atoms with Crippen molar-refractivity contribution < 1.29 is 9.53 Å². The fourth-order valence-electron chi connectivity index (χ4n) is 3.03. The first-order valence-electron chi connectivity index (χ1n) is 7.97. The zero-order valence-corrected chi connectivity index (χ0v) is 13.1. The van der Waals surface area contributed by atoms with Crippen molar-refractivity contribution in [3.8, 4) is 0 Å². The number of benzene rings is 1. The van der Waals surface area contributed by atoms with Crippen molar-refractivity contribution in [2.24, 2.45) is 5.92 Å². The molecule has 1 aromatic rings. The van der Waals surface area contributed by atoms with Gasteiger partial charge in [0, 0.05) is 13.1 Å². The molecule has 116 valence electrons. The van der Waals surface area contributed by atoms with Crippen molar-refractivity contribution in [2.45, 2.75) is 39.5 Å². The van der Waals surface area contributed by atoms with Crippen LogP contribution in [-0.4, -0.2) is 25.7 Å². The molecule has 0 aliphatic carbocycles. The Labute approximate surface area is 127 Å². The average Bonchev–Trinajstić information content (AvgIpc) is 2.73. The maximum Gasteiger partial charge on any atom is 0.340 e. The van der Waals surface area contributed by atoms with Crippen LogP contribution >= 0.6 is 0 Å². The highest BCUT2D eigenvalue weighted by atomic mass is 16.5. The van der Waals surface area contributed by atoms with Crippen molar-refractivity contribution >= 4 is 17.3 Å². The fourth-order valence-corrected chi connectivity index (χ4v) is 3.03. The smallest absolute Gasteiger partial charge is 0.340 e. The summed E-state index contributed by atoms with van der Waals surface area (Å²) >= 11 is 0. The summed E-state index contributed by atoms with van der Waals surface area (Å²) in [5.41, 5.74) is 8.22. The van der Waals surface area contributed by atoms with Crippen LogP contribution in [0.15, 0.2) is 18.2 Å². The van der Waals surface area contributed by atoms with Gasteiger partial charge in [0.25, 0.3) is 0 Å². The number of para-hydroxylation sites is 1. The summed E-state index contributed by atoms with van der Waals surface area (Å²) in [6, 6.07) is 5.63. The number of nitrogens with zero attached hydrogens (tertiary/aromatic N) is 1. The molecule has 4 nitrogen and oxygen atoms in total. The first-order chi connectivity index (χ1) is 10.2. The number of anilines is 2. The Balaban J connectivity index is 2.20. The van der Waals surface area contributed by atoms with E-state index in [1.165, 1.54) is 25.7 Å². The summed E-state index contributed by atoms with van der Waals surface area (Å²) < 4.78 is 5.07. The van der Waals surface area contributed by atoms with E-state index in [9.17, 15) is 4.79 Å². The van der Waals surface area contributed by atoms with Crippen molar-refractivity contribution in [1.82, 2.24) is 0 Å². The van der Waals surface area contributed by atoms with Crippen LogP contribution in [0.4, 0.5) is 11.4 Å². The number of ether oxygens (including phenoxy) is 1. The number of hydrogen-bond acceptors (Lipinski definition) is 4. The number of esters is 1. The summed E-state index contributed by atoms with van der Waals surface area (Å²) in [6.45, 7) is 6.44. The van der Waals surface area contributed by atoms with Crippen molar-refractivity contribution in [3.63, 3.8) is 0 Å². The number of hydrogen-bond donors (Lipinski definition) is 1. The molecule has 1 atom stereocenters. The summed E-state index contributed by atoms with van der Waals surface area (Å²) in [7, 11) is 0. The Kier molecular flexibility index (Phi) is 5.48. The molecule has 1 heterocycles. The maximum atomic E-state index is 11.9. The molecule has 0 amide bonds. The zero-order valence-electron chi connectivity index (χ0n) is 13.1. The second-order valence-corrected chi connectivity index (χ2v) is 5.65. The molecular formula is C17H26N2O2. The van der Waals surface area contributed by atoms with Gasteiger partial charge in [-0.15, -0.1) is 0 Å². The summed E-state index contributed by atoms with van der Waals surface area (Å²) in [5, 5.41) is 0. The lowest BCUT2D eigenvalue weighted by Gasteiger charge is -2.25. The van der Waals surface area contributed by atoms with Crippen molar-refractivity contribution in [1.29, 1.82) is 0 Å². The van der Waals surface area contributed by atoms with Gasteiger partial charge in [0.2, 0.25) is 0 Å². The minimum atomic E-state index is -0.335. The third kappa shape index (κ3) is 3.69. The minimum Gasteiger partial charge on any atom is -0.462 e. The lowest BCUT2D eigenvalue weighted by Crippen LogP contribution is -2.26. The third-order valence-corrected chi connectivity index (χ3v) is 4.34. The lowest BCUT2D eigenvalue weighted by molar-refractivity contribution is 0.0527. The number of carbonyl (C=O) groups is 1. The van der Waals surface area contributed by atoms with Crippen LogP contribution in [0.5, 0.6) is 0 Å². The van der Waals surface area contributed by atoms with E-state index in [1.807, 2.05) is 12.1 Å². The second kappa shape index (κ2) is 7.34. The van der Waals surface area contributed by atoms with Gasteiger partial charge in [-0.1, -0.05) is 19.4 Å². The van der Waals surface area contributed by atoms with Crippen molar-refractivity contribution in [3.05, 3.63) is 23.8 Å². The Hall–Kier alpha value is -1.71. The zero-order chi connectivity index (χ0) is 15.2. The molecule has 0 aromatic heterocycles. The van der Waals surface area contributed by atoms with E-state index in [4.69, 9.17) is 10.5 Å². The molecule has 1 aliphatic rings. The molecule has 1 saturated heterocycles. The largest absolute Gasteiger partial charge is 0.462 e. The normalized spacial score (nSPS) is 19.1. The fraction of sp³-hybridized carbons (Fsp3) is 0.588. The summed E-state index contributed by atoms with van der Waals surface area (Å²) in [5.74, 6) is 0.475. The van der Waals surface area contributed by atoms with E-state index in [2.05, 4.69) is 11.8 Å². The van der Waals surface area contributed by atoms with Crippen molar-refractivity contribution in [2.75, 3.05) is 30.3 Å². The number of nitrogens with two attached hydrogens (primary N) is 1. The molecule has 1 fully saturated rings. The maximum absolute atomic E-state index is 11.9. The Morgan fingerprint density at radius 3 is 2.86 bits per heavy atom. The van der Waals surface area contributed by atoms with Gasteiger partial charge in [-0.25, -0.2) is 4.79 Å². The molecule has 1 unspecified atom stereocenters. The molecule has 1 aliphatic heterocycles. The summed E-state index contributed by atoms with van der Waals surface area (Å²) in [6.07, 6.45) is 4.90. The molecule has 0 bridgehead atoms. The van der Waals surface area contributed by atoms with Gasteiger partial charge < -0.3 is 15.4 Å². The van der Waals surface area contributed by atoms with Crippen LogP contribution in [0.3, 0.4) is 0 Å². The van der Waals surface area contributed by atoms with E-state index >= 15 is 0 Å². The van der Waals surface area contributed by atoms with E-state index in [0.29, 0.717) is 17.9 Å². The monoisotopic (exact) mass is 290 g/mol. The van der Waals surface area contributed by atoms with Gasteiger partial charge in [-0.05, 0) is 44.2 Å². The van der Waals surface area contributed by atoms with Gasteiger partial charge in [0.15, 0.2) is 0 Å². The van der Waals surface area contributed by atoms with Crippen LogP contribution < -0.4 is 10.6 Å². The predicted molar refractivity (Wildman–Crippen MR) is 86.7 cm³/mol. The van der Waals surface area contributed by atoms with Crippen LogP contribution in [0.25, 0.3) is 0 Å². The summed E-state index contributed by atoms with van der Waals surface area (Å²) in [4.78, 5) is 14.3.